The van der Waals surface area contributed by atoms with Crippen molar-refractivity contribution in [3.8, 4) is 5.75 Å². The van der Waals surface area contributed by atoms with Crippen LogP contribution in [0.4, 0.5) is 0 Å². The zero-order chi connectivity index (χ0) is 25.8. The van der Waals surface area contributed by atoms with Crippen molar-refractivity contribution in [2.75, 3.05) is 13.7 Å². The molecule has 3 aromatic carbocycles. The van der Waals surface area contributed by atoms with Crippen LogP contribution in [0, 0.1) is 5.92 Å². The lowest BCUT2D eigenvalue weighted by Gasteiger charge is -2.56. The third-order valence-electron chi connectivity index (χ3n) is 8.30. The maximum absolute atomic E-state index is 12.4. The predicted octanol–water partition coefficient (Wildman–Crippen LogP) is 5.49. The highest BCUT2D eigenvalue weighted by atomic mass is 16.5. The number of nitrogens with one attached hydrogen (secondary N) is 1. The third kappa shape index (κ3) is 5.29. The molecule has 2 N–H and O–H groups in total. The molecule has 0 spiro atoms. The smallest absolute Gasteiger partial charge is 0.320 e. The number of rotatable bonds is 10. The summed E-state index contributed by atoms with van der Waals surface area (Å²) in [5.74, 6) is 0.562. The van der Waals surface area contributed by atoms with Gasteiger partial charge in [-0.15, -0.1) is 0 Å². The largest absolute Gasteiger partial charge is 0.496 e. The third-order valence-corrected chi connectivity index (χ3v) is 8.30. The van der Waals surface area contributed by atoms with Crippen LogP contribution in [-0.2, 0) is 17.8 Å². The molecule has 3 saturated heterocycles. The zero-order valence-electron chi connectivity index (χ0n) is 21.8. The summed E-state index contributed by atoms with van der Waals surface area (Å²) in [6.45, 7) is 3.71. The Labute approximate surface area is 220 Å². The molecule has 5 heteroatoms. The average molecular weight is 499 g/mol. The van der Waals surface area contributed by atoms with Gasteiger partial charge in [-0.25, -0.2) is 0 Å². The number of carbonyl (C=O) groups is 1. The maximum Gasteiger partial charge on any atom is 0.320 e. The van der Waals surface area contributed by atoms with Crippen LogP contribution in [0.2, 0.25) is 0 Å². The van der Waals surface area contributed by atoms with Gasteiger partial charge in [0.1, 0.15) is 11.8 Å². The van der Waals surface area contributed by atoms with Gasteiger partial charge in [0.25, 0.3) is 0 Å². The highest BCUT2D eigenvalue weighted by Gasteiger charge is 2.52. The van der Waals surface area contributed by atoms with Gasteiger partial charge in [0.05, 0.1) is 7.11 Å². The second-order valence-electron chi connectivity index (χ2n) is 10.5. The number of aryl methyl sites for hydroxylation is 1. The van der Waals surface area contributed by atoms with Gasteiger partial charge in [-0.05, 0) is 54.5 Å². The van der Waals surface area contributed by atoms with E-state index in [1.165, 1.54) is 16.7 Å². The van der Waals surface area contributed by atoms with E-state index in [-0.39, 0.29) is 18.0 Å². The van der Waals surface area contributed by atoms with Gasteiger partial charge >= 0.3 is 5.97 Å². The number of ether oxygens (including phenoxy) is 1. The number of carboxylic acids is 1. The molecule has 3 aliphatic rings. The molecule has 37 heavy (non-hydrogen) atoms. The molecule has 0 radical (unpaired) electrons. The molecule has 0 aromatic heterocycles. The standard InChI is InChI=1S/C32H38N2O3/c1-3-10-22-15-16-28(37-2)26(19-22)21-33-30-25-17-18-34(27(20-25)32(35)36)31(30)29(23-11-6-4-7-12-23)24-13-8-5-9-14-24/h4-9,11-16,19,25,27,29-31,33H,3,10,17-18,20-21H2,1-2H3,(H,35,36)/t25-,27?,30-,31-/m0/s1. The second-order valence-corrected chi connectivity index (χ2v) is 10.5. The quantitative estimate of drug-likeness (QED) is 0.387. The molecule has 3 aliphatic heterocycles. The molecule has 0 amide bonds. The van der Waals surface area contributed by atoms with Crippen LogP contribution in [0.3, 0.4) is 0 Å². The molecule has 0 saturated carbocycles. The Bertz CT molecular complexity index is 1140. The minimum absolute atomic E-state index is 0.0308. The molecule has 0 aliphatic carbocycles. The number of nitrogens with zero attached hydrogens (tertiary/aromatic N) is 1. The summed E-state index contributed by atoms with van der Waals surface area (Å²) in [6, 6.07) is 27.4. The fraction of sp³-hybridized carbons (Fsp3) is 0.406. The van der Waals surface area contributed by atoms with Gasteiger partial charge in [0.15, 0.2) is 0 Å². The first-order valence-corrected chi connectivity index (χ1v) is 13.6. The van der Waals surface area contributed by atoms with Crippen LogP contribution < -0.4 is 10.1 Å². The van der Waals surface area contributed by atoms with Crippen molar-refractivity contribution in [3.63, 3.8) is 0 Å². The molecule has 194 valence electrons. The van der Waals surface area contributed by atoms with Crippen LogP contribution in [0.25, 0.3) is 0 Å². The molecule has 3 fully saturated rings. The van der Waals surface area contributed by atoms with Crippen molar-refractivity contribution in [3.05, 3.63) is 101 Å². The van der Waals surface area contributed by atoms with Gasteiger partial charge in [-0.1, -0.05) is 86.1 Å². The number of piperidine rings is 3. The van der Waals surface area contributed by atoms with E-state index in [9.17, 15) is 9.90 Å². The Morgan fingerprint density at radius 1 is 1.05 bits per heavy atom. The van der Waals surface area contributed by atoms with Gasteiger partial charge < -0.3 is 15.2 Å². The number of methoxy groups -OCH3 is 1. The van der Waals surface area contributed by atoms with Crippen LogP contribution in [0.1, 0.15) is 54.4 Å². The van der Waals surface area contributed by atoms with Gasteiger partial charge in [-0.2, -0.15) is 0 Å². The van der Waals surface area contributed by atoms with E-state index in [0.717, 1.165) is 37.1 Å². The highest BCUT2D eigenvalue weighted by Crippen LogP contribution is 2.44. The van der Waals surface area contributed by atoms with Gasteiger partial charge in [0.2, 0.25) is 0 Å². The summed E-state index contributed by atoms with van der Waals surface area (Å²) in [4.78, 5) is 14.6. The lowest BCUT2D eigenvalue weighted by Crippen LogP contribution is -2.69. The highest BCUT2D eigenvalue weighted by molar-refractivity contribution is 5.74. The van der Waals surface area contributed by atoms with Crippen LogP contribution >= 0.6 is 0 Å². The summed E-state index contributed by atoms with van der Waals surface area (Å²) in [6.07, 6.45) is 3.85. The number of fused-ring (bicyclic) bond motifs is 3. The number of hydrogen-bond acceptors (Lipinski definition) is 4. The SMILES string of the molecule is CCCc1ccc(OC)c(CN[C@H]2[C@H]3CCN(C(C(=O)O)C3)[C@H]2C(c2ccccc2)c2ccccc2)c1. The molecular formula is C32H38N2O3. The van der Waals surface area contributed by atoms with Gasteiger partial charge in [-0.3, -0.25) is 9.69 Å². The lowest BCUT2D eigenvalue weighted by molar-refractivity contribution is -0.152. The number of benzene rings is 3. The summed E-state index contributed by atoms with van der Waals surface area (Å²) in [5.41, 5.74) is 4.94. The van der Waals surface area contributed by atoms with E-state index >= 15 is 0 Å². The molecule has 2 bridgehead atoms. The maximum atomic E-state index is 12.4. The fourth-order valence-corrected chi connectivity index (χ4v) is 6.66. The van der Waals surface area contributed by atoms with E-state index in [1.54, 1.807) is 7.11 Å². The lowest BCUT2D eigenvalue weighted by atomic mass is 9.68. The van der Waals surface area contributed by atoms with Crippen molar-refractivity contribution >= 4 is 5.97 Å². The van der Waals surface area contributed by atoms with Crippen LogP contribution in [0.5, 0.6) is 5.75 Å². The molecule has 3 heterocycles. The van der Waals surface area contributed by atoms with E-state index < -0.39 is 12.0 Å². The summed E-state index contributed by atoms with van der Waals surface area (Å²) >= 11 is 0. The fourth-order valence-electron chi connectivity index (χ4n) is 6.66. The van der Waals surface area contributed by atoms with Gasteiger partial charge in [0, 0.05) is 30.1 Å². The van der Waals surface area contributed by atoms with Crippen molar-refractivity contribution in [2.24, 2.45) is 5.92 Å². The minimum Gasteiger partial charge on any atom is -0.496 e. The zero-order valence-corrected chi connectivity index (χ0v) is 21.8. The predicted molar refractivity (Wildman–Crippen MR) is 147 cm³/mol. The van der Waals surface area contributed by atoms with Crippen molar-refractivity contribution in [1.29, 1.82) is 0 Å². The molecular weight excluding hydrogens is 460 g/mol. The first-order valence-electron chi connectivity index (χ1n) is 13.6. The molecule has 2 unspecified atom stereocenters. The Kier molecular flexibility index (Phi) is 7.92. The van der Waals surface area contributed by atoms with Crippen molar-refractivity contribution < 1.29 is 14.6 Å². The summed E-state index contributed by atoms with van der Waals surface area (Å²) in [7, 11) is 1.73. The average Bonchev–Trinajstić information content (AvgIpc) is 2.94. The summed E-state index contributed by atoms with van der Waals surface area (Å²) in [5, 5.41) is 14.1. The Morgan fingerprint density at radius 3 is 2.32 bits per heavy atom. The molecule has 6 rings (SSSR count). The normalized spacial score (nSPS) is 24.8. The van der Waals surface area contributed by atoms with E-state index in [2.05, 4.69) is 83.9 Å². The Morgan fingerprint density at radius 2 is 1.73 bits per heavy atom. The van der Waals surface area contributed by atoms with Crippen LogP contribution in [0.15, 0.2) is 78.9 Å². The first kappa shape index (κ1) is 25.5. The Hall–Kier alpha value is -3.15. The molecule has 5 nitrogen and oxygen atoms in total. The van der Waals surface area contributed by atoms with Crippen LogP contribution in [-0.4, -0.2) is 47.8 Å². The minimum atomic E-state index is -0.707. The number of aliphatic carboxylic acids is 1. The first-order chi connectivity index (χ1) is 18.1. The Balaban J connectivity index is 1.53. The van der Waals surface area contributed by atoms with E-state index in [4.69, 9.17) is 4.74 Å². The number of carboxylic acid groups (broad SMARTS) is 1. The molecule has 3 aromatic rings. The number of hydrogen-bond donors (Lipinski definition) is 2. The summed E-state index contributed by atoms with van der Waals surface area (Å²) < 4.78 is 5.71. The van der Waals surface area contributed by atoms with Crippen molar-refractivity contribution in [2.45, 2.75) is 63.2 Å². The van der Waals surface area contributed by atoms with E-state index in [1.807, 2.05) is 12.1 Å². The second kappa shape index (κ2) is 11.5. The van der Waals surface area contributed by atoms with E-state index in [0.29, 0.717) is 18.9 Å². The van der Waals surface area contributed by atoms with Crippen molar-refractivity contribution in [1.82, 2.24) is 10.2 Å². The topological polar surface area (TPSA) is 61.8 Å². The molecule has 5 atom stereocenters. The monoisotopic (exact) mass is 498 g/mol.